The molecule has 2 unspecified atom stereocenters. The Hall–Kier alpha value is -2.90. The molecule has 1 fully saturated rings. The van der Waals surface area contributed by atoms with E-state index in [9.17, 15) is 14.7 Å². The summed E-state index contributed by atoms with van der Waals surface area (Å²) < 4.78 is 5.77. The molecule has 1 saturated heterocycles. The molecule has 7 heteroatoms. The maximum absolute atomic E-state index is 12.3. The highest BCUT2D eigenvalue weighted by Crippen LogP contribution is 2.15. The molecule has 0 radical (unpaired) electrons. The van der Waals surface area contributed by atoms with Crippen LogP contribution in [0.2, 0.25) is 0 Å². The predicted molar refractivity (Wildman–Crippen MR) is 119 cm³/mol. The summed E-state index contributed by atoms with van der Waals surface area (Å²) in [5.41, 5.74) is 2.20. The smallest absolute Gasteiger partial charge is 0.251 e. The monoisotopic (exact) mass is 425 g/mol. The van der Waals surface area contributed by atoms with Crippen molar-refractivity contribution in [3.05, 3.63) is 65.2 Å². The Bertz CT molecular complexity index is 875. The molecule has 1 heterocycles. The third-order valence-electron chi connectivity index (χ3n) is 5.15. The number of rotatable bonds is 8. The highest BCUT2D eigenvalue weighted by Gasteiger charge is 2.22. The molecule has 1 aliphatic heterocycles. The van der Waals surface area contributed by atoms with Gasteiger partial charge < -0.3 is 20.5 Å². The molecular weight excluding hydrogens is 394 g/mol. The number of ether oxygens (including phenoxy) is 1. The van der Waals surface area contributed by atoms with Crippen LogP contribution in [0, 0.1) is 0 Å². The van der Waals surface area contributed by atoms with Crippen molar-refractivity contribution in [3.8, 4) is 5.75 Å². The molecule has 3 rings (SSSR count). The molecule has 2 aromatic rings. The third-order valence-corrected chi connectivity index (χ3v) is 5.15. The van der Waals surface area contributed by atoms with Gasteiger partial charge in [0.05, 0.1) is 12.2 Å². The summed E-state index contributed by atoms with van der Waals surface area (Å²) in [6, 6.07) is 13.9. The second kappa shape index (κ2) is 10.9. The van der Waals surface area contributed by atoms with Gasteiger partial charge in [0.15, 0.2) is 0 Å². The van der Waals surface area contributed by atoms with E-state index in [4.69, 9.17) is 4.74 Å². The number of aromatic hydroxyl groups is 1. The summed E-state index contributed by atoms with van der Waals surface area (Å²) in [5.74, 6) is -0.318. The van der Waals surface area contributed by atoms with Crippen LogP contribution in [0.1, 0.15) is 46.5 Å². The first kappa shape index (κ1) is 22.8. The number of phenols is 1. The highest BCUT2D eigenvalue weighted by atomic mass is 16.5. The maximum Gasteiger partial charge on any atom is 0.251 e. The zero-order chi connectivity index (χ0) is 22.2. The Morgan fingerprint density at radius 1 is 0.968 bits per heavy atom. The number of hydrogen-bond acceptors (Lipinski definition) is 5. The fourth-order valence-electron chi connectivity index (χ4n) is 3.78. The van der Waals surface area contributed by atoms with Gasteiger partial charge in [0.25, 0.3) is 11.8 Å². The number of benzene rings is 2. The minimum Gasteiger partial charge on any atom is -0.508 e. The van der Waals surface area contributed by atoms with E-state index < -0.39 is 0 Å². The Balaban J connectivity index is 1.37. The van der Waals surface area contributed by atoms with E-state index in [1.54, 1.807) is 12.1 Å². The van der Waals surface area contributed by atoms with Gasteiger partial charge in [0.1, 0.15) is 5.75 Å². The van der Waals surface area contributed by atoms with Crippen LogP contribution in [0.15, 0.2) is 48.5 Å². The number of hydrogen-bond donors (Lipinski definition) is 3. The van der Waals surface area contributed by atoms with E-state index in [-0.39, 0.29) is 29.8 Å². The molecule has 3 N–H and O–H groups in total. The minimum absolute atomic E-state index is 0.0555. The van der Waals surface area contributed by atoms with E-state index in [0.717, 1.165) is 19.6 Å². The lowest BCUT2D eigenvalue weighted by atomic mass is 10.1. The second-order valence-corrected chi connectivity index (χ2v) is 8.06. The molecular formula is C24H31N3O4. The van der Waals surface area contributed by atoms with Gasteiger partial charge >= 0.3 is 0 Å². The van der Waals surface area contributed by atoms with Gasteiger partial charge in [-0.25, -0.2) is 0 Å². The number of nitrogens with one attached hydrogen (secondary N) is 2. The van der Waals surface area contributed by atoms with Crippen molar-refractivity contribution in [2.24, 2.45) is 0 Å². The fourth-order valence-corrected chi connectivity index (χ4v) is 3.78. The van der Waals surface area contributed by atoms with Gasteiger partial charge in [-0.05, 0) is 56.2 Å². The normalized spacial score (nSPS) is 19.0. The number of amides is 2. The van der Waals surface area contributed by atoms with Crippen LogP contribution in [0.5, 0.6) is 5.75 Å². The van der Waals surface area contributed by atoms with Crippen molar-refractivity contribution in [2.45, 2.75) is 39.0 Å². The minimum atomic E-state index is -0.248. The zero-order valence-corrected chi connectivity index (χ0v) is 18.1. The van der Waals surface area contributed by atoms with Crippen LogP contribution in [-0.4, -0.2) is 60.2 Å². The van der Waals surface area contributed by atoms with Crippen molar-refractivity contribution >= 4 is 11.8 Å². The summed E-state index contributed by atoms with van der Waals surface area (Å²) in [6.07, 6.45) is 1.08. The standard InChI is InChI=1S/C24H31N3O4/c1-17-14-27(15-18(2)31-17)16-19-7-9-20(10-8-19)23(29)25-11-4-12-26-24(30)21-5-3-6-22(28)13-21/h3,5-10,13,17-18,28H,4,11-12,14-16H2,1-2H3,(H,25,29)(H,26,30). The molecule has 2 aromatic carbocycles. The number of morpholine rings is 1. The molecule has 0 bridgehead atoms. The van der Waals surface area contributed by atoms with Crippen molar-refractivity contribution in [3.63, 3.8) is 0 Å². The first-order chi connectivity index (χ1) is 14.9. The summed E-state index contributed by atoms with van der Waals surface area (Å²) in [4.78, 5) is 26.7. The Kier molecular flexibility index (Phi) is 8.03. The molecule has 0 aliphatic carbocycles. The number of nitrogens with zero attached hydrogens (tertiary/aromatic N) is 1. The Morgan fingerprint density at radius 3 is 2.19 bits per heavy atom. The van der Waals surface area contributed by atoms with Gasteiger partial charge in [0.2, 0.25) is 0 Å². The molecule has 31 heavy (non-hydrogen) atoms. The average molecular weight is 426 g/mol. The lowest BCUT2D eigenvalue weighted by Gasteiger charge is -2.35. The van der Waals surface area contributed by atoms with Crippen molar-refractivity contribution in [1.82, 2.24) is 15.5 Å². The van der Waals surface area contributed by atoms with Gasteiger partial charge in [0, 0.05) is 43.9 Å². The van der Waals surface area contributed by atoms with E-state index in [0.29, 0.717) is 30.6 Å². The third kappa shape index (κ3) is 7.08. The van der Waals surface area contributed by atoms with Gasteiger partial charge in [-0.15, -0.1) is 0 Å². The Morgan fingerprint density at radius 2 is 1.58 bits per heavy atom. The van der Waals surface area contributed by atoms with Crippen LogP contribution >= 0.6 is 0 Å². The summed E-state index contributed by atoms with van der Waals surface area (Å²) >= 11 is 0. The van der Waals surface area contributed by atoms with E-state index in [2.05, 4.69) is 29.4 Å². The quantitative estimate of drug-likeness (QED) is 0.566. The topological polar surface area (TPSA) is 90.9 Å². The maximum atomic E-state index is 12.3. The molecule has 0 saturated carbocycles. The Labute approximate surface area is 183 Å². The molecule has 0 aromatic heterocycles. The average Bonchev–Trinajstić information content (AvgIpc) is 2.73. The predicted octanol–water partition coefficient (Wildman–Crippen LogP) is 2.55. The summed E-state index contributed by atoms with van der Waals surface area (Å²) in [5, 5.41) is 15.1. The molecule has 1 aliphatic rings. The summed E-state index contributed by atoms with van der Waals surface area (Å²) in [6.45, 7) is 7.75. The van der Waals surface area contributed by atoms with Crippen molar-refractivity contribution in [1.29, 1.82) is 0 Å². The molecule has 0 spiro atoms. The summed E-state index contributed by atoms with van der Waals surface area (Å²) in [7, 11) is 0. The molecule has 2 atom stereocenters. The number of carbonyl (C=O) groups excluding carboxylic acids is 2. The first-order valence-corrected chi connectivity index (χ1v) is 10.7. The van der Waals surface area contributed by atoms with E-state index >= 15 is 0 Å². The van der Waals surface area contributed by atoms with Crippen LogP contribution in [0.25, 0.3) is 0 Å². The molecule has 166 valence electrons. The van der Waals surface area contributed by atoms with Crippen LogP contribution in [0.3, 0.4) is 0 Å². The lowest BCUT2D eigenvalue weighted by Crippen LogP contribution is -2.44. The van der Waals surface area contributed by atoms with Crippen molar-refractivity contribution in [2.75, 3.05) is 26.2 Å². The molecule has 2 amide bonds. The largest absolute Gasteiger partial charge is 0.508 e. The molecule has 7 nitrogen and oxygen atoms in total. The van der Waals surface area contributed by atoms with Gasteiger partial charge in [-0.1, -0.05) is 18.2 Å². The van der Waals surface area contributed by atoms with Crippen LogP contribution < -0.4 is 10.6 Å². The van der Waals surface area contributed by atoms with Crippen LogP contribution in [-0.2, 0) is 11.3 Å². The zero-order valence-electron chi connectivity index (χ0n) is 18.1. The van der Waals surface area contributed by atoms with Crippen LogP contribution in [0.4, 0.5) is 0 Å². The SMILES string of the molecule is CC1CN(Cc2ccc(C(=O)NCCCNC(=O)c3cccc(O)c3)cc2)CC(C)O1. The van der Waals surface area contributed by atoms with E-state index in [1.807, 2.05) is 24.3 Å². The first-order valence-electron chi connectivity index (χ1n) is 10.7. The van der Waals surface area contributed by atoms with Gasteiger partial charge in [-0.3, -0.25) is 14.5 Å². The fraction of sp³-hybridized carbons (Fsp3) is 0.417. The number of carbonyl (C=O) groups is 2. The lowest BCUT2D eigenvalue weighted by molar-refractivity contribution is -0.0704. The van der Waals surface area contributed by atoms with Gasteiger partial charge in [-0.2, -0.15) is 0 Å². The highest BCUT2D eigenvalue weighted by molar-refractivity contribution is 5.95. The number of phenolic OH excluding ortho intramolecular Hbond substituents is 1. The van der Waals surface area contributed by atoms with E-state index in [1.165, 1.54) is 17.7 Å². The van der Waals surface area contributed by atoms with Crippen molar-refractivity contribution < 1.29 is 19.4 Å². The second-order valence-electron chi connectivity index (χ2n) is 8.06.